The van der Waals surface area contributed by atoms with E-state index < -0.39 is 0 Å². The molecule has 36 heavy (non-hydrogen) atoms. The van der Waals surface area contributed by atoms with Gasteiger partial charge in [-0.2, -0.15) is 5.10 Å². The summed E-state index contributed by atoms with van der Waals surface area (Å²) in [6.45, 7) is 8.45. The van der Waals surface area contributed by atoms with E-state index in [0.29, 0.717) is 10.8 Å². The van der Waals surface area contributed by atoms with Crippen molar-refractivity contribution in [2.75, 3.05) is 12.4 Å². The minimum absolute atomic E-state index is 0.105. The molecule has 3 heterocycles. The maximum Gasteiger partial charge on any atom is 0.349 e. The van der Waals surface area contributed by atoms with Crippen LogP contribution in [0.1, 0.15) is 58.7 Å². The SMILES string of the molecule is COC(=O)c1sc(C(C)(C)C)nc1CCCc1ccc(-c2ccnc(Nc3cnn(C)c3)n2)cc1C. The Bertz CT molecular complexity index is 1370. The average Bonchev–Trinajstić information content (AvgIpc) is 3.46. The normalized spacial score (nSPS) is 11.5. The molecule has 0 spiro atoms. The van der Waals surface area contributed by atoms with Gasteiger partial charge in [0.2, 0.25) is 5.95 Å². The Hall–Kier alpha value is -3.59. The van der Waals surface area contributed by atoms with Crippen LogP contribution in [0.3, 0.4) is 0 Å². The van der Waals surface area contributed by atoms with Gasteiger partial charge in [-0.05, 0) is 49.4 Å². The second-order valence-electron chi connectivity index (χ2n) is 9.82. The molecule has 0 radical (unpaired) electrons. The van der Waals surface area contributed by atoms with Gasteiger partial charge in [-0.1, -0.05) is 32.9 Å². The van der Waals surface area contributed by atoms with Crippen molar-refractivity contribution in [3.63, 3.8) is 0 Å². The first-order valence-electron chi connectivity index (χ1n) is 11.9. The van der Waals surface area contributed by atoms with Crippen molar-refractivity contribution in [1.82, 2.24) is 24.7 Å². The van der Waals surface area contributed by atoms with Crippen LogP contribution in [0.4, 0.5) is 11.6 Å². The minimum atomic E-state index is -0.305. The summed E-state index contributed by atoms with van der Waals surface area (Å²) in [6, 6.07) is 8.32. The zero-order valence-corrected chi connectivity index (χ0v) is 22.4. The van der Waals surface area contributed by atoms with Gasteiger partial charge in [0.05, 0.1) is 35.4 Å². The second kappa shape index (κ2) is 10.6. The van der Waals surface area contributed by atoms with Gasteiger partial charge < -0.3 is 10.1 Å². The van der Waals surface area contributed by atoms with Crippen LogP contribution in [-0.4, -0.2) is 37.8 Å². The molecule has 0 aliphatic carbocycles. The molecule has 3 aromatic heterocycles. The zero-order chi connectivity index (χ0) is 25.9. The van der Waals surface area contributed by atoms with E-state index in [9.17, 15) is 4.79 Å². The number of anilines is 2. The number of carbonyl (C=O) groups excluding carboxylic acids is 1. The van der Waals surface area contributed by atoms with Gasteiger partial charge in [0.15, 0.2) is 0 Å². The summed E-state index contributed by atoms with van der Waals surface area (Å²) < 4.78 is 6.72. The molecule has 0 bridgehead atoms. The number of methoxy groups -OCH3 is 1. The van der Waals surface area contributed by atoms with Gasteiger partial charge in [-0.15, -0.1) is 11.3 Å². The number of hydrogen-bond acceptors (Lipinski definition) is 8. The largest absolute Gasteiger partial charge is 0.465 e. The van der Waals surface area contributed by atoms with Crippen LogP contribution in [-0.2, 0) is 30.0 Å². The first-order chi connectivity index (χ1) is 17.1. The van der Waals surface area contributed by atoms with Crippen molar-refractivity contribution in [2.45, 2.75) is 52.4 Å². The third kappa shape index (κ3) is 5.96. The molecule has 1 aromatic carbocycles. The molecular formula is C27H32N6O2S. The number of esters is 1. The molecule has 0 atom stereocenters. The molecule has 4 rings (SSSR count). The highest BCUT2D eigenvalue weighted by atomic mass is 32.1. The summed E-state index contributed by atoms with van der Waals surface area (Å²) >= 11 is 1.44. The van der Waals surface area contributed by atoms with Crippen LogP contribution in [0, 0.1) is 6.92 Å². The van der Waals surface area contributed by atoms with Gasteiger partial charge >= 0.3 is 5.97 Å². The van der Waals surface area contributed by atoms with Crippen LogP contribution < -0.4 is 5.32 Å². The maximum atomic E-state index is 12.3. The lowest BCUT2D eigenvalue weighted by Gasteiger charge is -2.13. The fourth-order valence-corrected chi connectivity index (χ4v) is 4.96. The molecule has 1 N–H and O–H groups in total. The van der Waals surface area contributed by atoms with Gasteiger partial charge in [0, 0.05) is 30.4 Å². The fourth-order valence-electron chi connectivity index (χ4n) is 3.87. The Kier molecular flexibility index (Phi) is 7.49. The monoisotopic (exact) mass is 504 g/mol. The highest BCUT2D eigenvalue weighted by molar-refractivity contribution is 7.13. The van der Waals surface area contributed by atoms with E-state index in [1.54, 1.807) is 17.1 Å². The second-order valence-corrected chi connectivity index (χ2v) is 10.8. The third-order valence-corrected chi connectivity index (χ3v) is 7.33. The van der Waals surface area contributed by atoms with E-state index in [1.165, 1.54) is 29.6 Å². The lowest BCUT2D eigenvalue weighted by atomic mass is 9.97. The van der Waals surface area contributed by atoms with Gasteiger partial charge in [-0.25, -0.2) is 19.7 Å². The van der Waals surface area contributed by atoms with E-state index >= 15 is 0 Å². The maximum absolute atomic E-state index is 12.3. The number of nitrogens with one attached hydrogen (secondary N) is 1. The van der Waals surface area contributed by atoms with Crippen molar-refractivity contribution in [3.8, 4) is 11.3 Å². The van der Waals surface area contributed by atoms with Crippen LogP contribution in [0.25, 0.3) is 11.3 Å². The lowest BCUT2D eigenvalue weighted by molar-refractivity contribution is 0.0604. The topological polar surface area (TPSA) is 94.8 Å². The molecule has 0 saturated carbocycles. The van der Waals surface area contributed by atoms with Gasteiger partial charge in [0.1, 0.15) is 4.88 Å². The summed E-state index contributed by atoms with van der Waals surface area (Å²) in [5, 5.41) is 8.31. The van der Waals surface area contributed by atoms with Crippen molar-refractivity contribution in [2.24, 2.45) is 7.05 Å². The average molecular weight is 505 g/mol. The van der Waals surface area contributed by atoms with E-state index in [4.69, 9.17) is 9.72 Å². The molecular weight excluding hydrogens is 472 g/mol. The summed E-state index contributed by atoms with van der Waals surface area (Å²) in [6.07, 6.45) is 7.88. The summed E-state index contributed by atoms with van der Waals surface area (Å²) in [4.78, 5) is 26.7. The fraction of sp³-hybridized carbons (Fsp3) is 0.370. The van der Waals surface area contributed by atoms with Gasteiger partial charge in [-0.3, -0.25) is 4.68 Å². The molecule has 8 nitrogen and oxygen atoms in total. The van der Waals surface area contributed by atoms with E-state index in [0.717, 1.165) is 46.9 Å². The number of thiazole rings is 1. The number of nitrogens with zero attached hydrogens (tertiary/aromatic N) is 5. The standard InChI is InChI=1S/C27H32N6O2S/c1-17-14-19(21-12-13-28-26(32-21)30-20-15-29-33(5)16-20)11-10-18(17)8-7-9-22-23(24(34)35-6)36-25(31-22)27(2,3)4/h10-16H,7-9H2,1-6H3,(H,28,30,32). The Balaban J connectivity index is 1.44. The molecule has 0 fully saturated rings. The number of carbonyl (C=O) groups is 1. The first-order valence-corrected chi connectivity index (χ1v) is 12.7. The molecule has 0 aliphatic heterocycles. The first kappa shape index (κ1) is 25.5. The van der Waals surface area contributed by atoms with E-state index in [2.05, 4.69) is 66.3 Å². The Morgan fingerprint density at radius 1 is 1.17 bits per heavy atom. The van der Waals surface area contributed by atoms with Crippen molar-refractivity contribution < 1.29 is 9.53 Å². The molecule has 0 amide bonds. The van der Waals surface area contributed by atoms with Crippen molar-refractivity contribution in [1.29, 1.82) is 0 Å². The number of aryl methyl sites for hydroxylation is 4. The minimum Gasteiger partial charge on any atom is -0.465 e. The Morgan fingerprint density at radius 3 is 2.64 bits per heavy atom. The molecule has 9 heteroatoms. The zero-order valence-electron chi connectivity index (χ0n) is 21.6. The Labute approximate surface area is 215 Å². The third-order valence-electron chi connectivity index (χ3n) is 5.82. The van der Waals surface area contributed by atoms with Crippen molar-refractivity contribution in [3.05, 3.63) is 69.6 Å². The highest BCUT2D eigenvalue weighted by Crippen LogP contribution is 2.31. The molecule has 0 saturated heterocycles. The van der Waals surface area contributed by atoms with Gasteiger partial charge in [0.25, 0.3) is 0 Å². The number of aromatic nitrogens is 5. The predicted octanol–water partition coefficient (Wildman–Crippen LogP) is 5.65. The number of rotatable bonds is 8. The molecule has 4 aromatic rings. The molecule has 188 valence electrons. The quantitative estimate of drug-likeness (QED) is 0.310. The highest BCUT2D eigenvalue weighted by Gasteiger charge is 2.25. The van der Waals surface area contributed by atoms with E-state index in [1.807, 2.05) is 19.3 Å². The predicted molar refractivity (Wildman–Crippen MR) is 143 cm³/mol. The smallest absolute Gasteiger partial charge is 0.349 e. The van der Waals surface area contributed by atoms with Crippen molar-refractivity contribution >= 4 is 28.9 Å². The Morgan fingerprint density at radius 2 is 1.97 bits per heavy atom. The summed E-state index contributed by atoms with van der Waals surface area (Å²) in [5.41, 5.74) is 5.93. The molecule has 0 aliphatic rings. The lowest BCUT2D eigenvalue weighted by Crippen LogP contribution is -2.10. The van der Waals surface area contributed by atoms with Crippen LogP contribution >= 0.6 is 11.3 Å². The number of benzene rings is 1. The van der Waals surface area contributed by atoms with Crippen LogP contribution in [0.5, 0.6) is 0 Å². The van der Waals surface area contributed by atoms with Crippen LogP contribution in [0.15, 0.2) is 42.9 Å². The summed E-state index contributed by atoms with van der Waals surface area (Å²) in [5.74, 6) is 0.224. The van der Waals surface area contributed by atoms with E-state index in [-0.39, 0.29) is 11.4 Å². The number of hydrogen-bond donors (Lipinski definition) is 1. The molecule has 0 unspecified atom stereocenters. The number of ether oxygens (including phenoxy) is 1. The van der Waals surface area contributed by atoms with Crippen LogP contribution in [0.2, 0.25) is 0 Å². The summed E-state index contributed by atoms with van der Waals surface area (Å²) in [7, 11) is 3.29.